The highest BCUT2D eigenvalue weighted by Gasteiger charge is 2.08. The second-order valence-electron chi connectivity index (χ2n) is 3.79. The van der Waals surface area contributed by atoms with Crippen LogP contribution in [-0.4, -0.2) is 18.5 Å². The molecule has 1 nitrogen and oxygen atoms in total. The summed E-state index contributed by atoms with van der Waals surface area (Å²) in [5, 5.41) is 0.512. The fraction of sp³-hybridized carbons (Fsp3) is 0.500. The van der Waals surface area contributed by atoms with Crippen molar-refractivity contribution >= 4 is 11.6 Å². The summed E-state index contributed by atoms with van der Waals surface area (Å²) >= 11 is 5.94. The standard InChI is InChI=1S/C12H17ClFN/c1-3-4-8-15(2)9-10-11(13)6-5-7-12(10)14/h5-7H,3-4,8-9H2,1-2H3. The van der Waals surface area contributed by atoms with Crippen LogP contribution in [0.3, 0.4) is 0 Å². The first-order valence-electron chi connectivity index (χ1n) is 5.26. The van der Waals surface area contributed by atoms with Gasteiger partial charge in [0.15, 0.2) is 0 Å². The van der Waals surface area contributed by atoms with Gasteiger partial charge in [0.2, 0.25) is 0 Å². The summed E-state index contributed by atoms with van der Waals surface area (Å²) < 4.78 is 13.4. The van der Waals surface area contributed by atoms with Gasteiger partial charge in [-0.25, -0.2) is 4.39 Å². The molecular formula is C12H17ClFN. The van der Waals surface area contributed by atoms with Gasteiger partial charge in [-0.2, -0.15) is 0 Å². The van der Waals surface area contributed by atoms with E-state index >= 15 is 0 Å². The quantitative estimate of drug-likeness (QED) is 0.744. The zero-order valence-electron chi connectivity index (χ0n) is 9.26. The summed E-state index contributed by atoms with van der Waals surface area (Å²) in [5.74, 6) is -0.217. The van der Waals surface area contributed by atoms with Crippen molar-refractivity contribution in [1.82, 2.24) is 4.90 Å². The van der Waals surface area contributed by atoms with Crippen LogP contribution in [0, 0.1) is 5.82 Å². The van der Waals surface area contributed by atoms with Crippen LogP contribution in [0.5, 0.6) is 0 Å². The zero-order chi connectivity index (χ0) is 11.3. The summed E-state index contributed by atoms with van der Waals surface area (Å²) in [4.78, 5) is 2.09. The third-order valence-corrected chi connectivity index (χ3v) is 2.74. The van der Waals surface area contributed by atoms with E-state index in [1.165, 1.54) is 6.07 Å². The molecule has 1 aromatic carbocycles. The van der Waals surface area contributed by atoms with Gasteiger partial charge in [-0.3, -0.25) is 0 Å². The SMILES string of the molecule is CCCCN(C)Cc1c(F)cccc1Cl. The van der Waals surface area contributed by atoms with Gasteiger partial charge < -0.3 is 4.90 Å². The summed E-state index contributed by atoms with van der Waals surface area (Å²) in [5.41, 5.74) is 0.595. The van der Waals surface area contributed by atoms with Crippen LogP contribution in [0.15, 0.2) is 18.2 Å². The third kappa shape index (κ3) is 3.80. The minimum absolute atomic E-state index is 0.217. The van der Waals surface area contributed by atoms with E-state index in [4.69, 9.17) is 11.6 Å². The van der Waals surface area contributed by atoms with Crippen LogP contribution in [-0.2, 0) is 6.54 Å². The first-order valence-corrected chi connectivity index (χ1v) is 5.64. The van der Waals surface area contributed by atoms with Gasteiger partial charge in [0, 0.05) is 17.1 Å². The first kappa shape index (κ1) is 12.5. The summed E-state index contributed by atoms with van der Waals surface area (Å²) in [6.07, 6.45) is 2.28. The minimum atomic E-state index is -0.217. The van der Waals surface area contributed by atoms with Crippen molar-refractivity contribution in [2.45, 2.75) is 26.3 Å². The van der Waals surface area contributed by atoms with Gasteiger partial charge in [0.05, 0.1) is 0 Å². The van der Waals surface area contributed by atoms with Crippen molar-refractivity contribution in [2.24, 2.45) is 0 Å². The lowest BCUT2D eigenvalue weighted by atomic mass is 10.2. The maximum absolute atomic E-state index is 13.4. The molecule has 84 valence electrons. The monoisotopic (exact) mass is 229 g/mol. The largest absolute Gasteiger partial charge is 0.302 e. The van der Waals surface area contributed by atoms with Gasteiger partial charge >= 0.3 is 0 Å². The van der Waals surface area contributed by atoms with E-state index in [9.17, 15) is 4.39 Å². The molecule has 0 fully saturated rings. The van der Waals surface area contributed by atoms with Crippen molar-refractivity contribution in [3.63, 3.8) is 0 Å². The molecule has 0 saturated carbocycles. The number of hydrogen-bond donors (Lipinski definition) is 0. The fourth-order valence-corrected chi connectivity index (χ4v) is 1.68. The van der Waals surface area contributed by atoms with Gasteiger partial charge in [0.25, 0.3) is 0 Å². The molecule has 0 aliphatic rings. The van der Waals surface area contributed by atoms with Gasteiger partial charge in [0.1, 0.15) is 5.82 Å². The Labute approximate surface area is 95.8 Å². The van der Waals surface area contributed by atoms with Crippen LogP contribution in [0.1, 0.15) is 25.3 Å². The topological polar surface area (TPSA) is 3.24 Å². The van der Waals surface area contributed by atoms with Crippen LogP contribution < -0.4 is 0 Å². The second kappa shape index (κ2) is 6.09. The molecule has 0 heterocycles. The number of nitrogens with zero attached hydrogens (tertiary/aromatic N) is 1. The van der Waals surface area contributed by atoms with E-state index in [-0.39, 0.29) is 5.82 Å². The Kier molecular flexibility index (Phi) is 5.06. The molecule has 0 unspecified atom stereocenters. The number of rotatable bonds is 5. The lowest BCUT2D eigenvalue weighted by Gasteiger charge is -2.17. The van der Waals surface area contributed by atoms with E-state index in [2.05, 4.69) is 11.8 Å². The van der Waals surface area contributed by atoms with E-state index in [0.717, 1.165) is 19.4 Å². The molecule has 3 heteroatoms. The predicted octanol–water partition coefficient (Wildman–Crippen LogP) is 3.71. The van der Waals surface area contributed by atoms with E-state index < -0.39 is 0 Å². The lowest BCUT2D eigenvalue weighted by molar-refractivity contribution is 0.315. The molecular weight excluding hydrogens is 213 g/mol. The molecule has 0 aliphatic carbocycles. The predicted molar refractivity (Wildman–Crippen MR) is 62.7 cm³/mol. The molecule has 0 saturated heterocycles. The Balaban J connectivity index is 2.63. The average Bonchev–Trinajstić information content (AvgIpc) is 2.21. The Hall–Kier alpha value is -0.600. The highest BCUT2D eigenvalue weighted by molar-refractivity contribution is 6.31. The molecule has 1 aromatic rings. The number of unbranched alkanes of at least 4 members (excludes halogenated alkanes) is 1. The Morgan fingerprint density at radius 3 is 2.73 bits per heavy atom. The first-order chi connectivity index (χ1) is 7.15. The van der Waals surface area contributed by atoms with Crippen LogP contribution in [0.2, 0.25) is 5.02 Å². The maximum atomic E-state index is 13.4. The van der Waals surface area contributed by atoms with Crippen molar-refractivity contribution in [3.8, 4) is 0 Å². The fourth-order valence-electron chi connectivity index (χ4n) is 1.46. The number of hydrogen-bond acceptors (Lipinski definition) is 1. The van der Waals surface area contributed by atoms with Crippen molar-refractivity contribution < 1.29 is 4.39 Å². The Bertz CT molecular complexity index is 294. The van der Waals surface area contributed by atoms with Crippen molar-refractivity contribution in [3.05, 3.63) is 34.6 Å². The Morgan fingerprint density at radius 1 is 1.40 bits per heavy atom. The van der Waals surface area contributed by atoms with Crippen LogP contribution >= 0.6 is 11.6 Å². The molecule has 0 bridgehead atoms. The Morgan fingerprint density at radius 2 is 2.13 bits per heavy atom. The van der Waals surface area contributed by atoms with Crippen LogP contribution in [0.4, 0.5) is 4.39 Å². The molecule has 0 aliphatic heterocycles. The third-order valence-electron chi connectivity index (χ3n) is 2.38. The van der Waals surface area contributed by atoms with E-state index in [0.29, 0.717) is 17.1 Å². The molecule has 0 radical (unpaired) electrons. The highest BCUT2D eigenvalue weighted by Crippen LogP contribution is 2.20. The lowest BCUT2D eigenvalue weighted by Crippen LogP contribution is -2.19. The van der Waals surface area contributed by atoms with E-state index in [1.54, 1.807) is 12.1 Å². The highest BCUT2D eigenvalue weighted by atomic mass is 35.5. The molecule has 0 N–H and O–H groups in total. The van der Waals surface area contributed by atoms with Gasteiger partial charge in [-0.05, 0) is 32.1 Å². The molecule has 1 rings (SSSR count). The molecule has 0 aromatic heterocycles. The second-order valence-corrected chi connectivity index (χ2v) is 4.20. The molecule has 0 amide bonds. The molecule has 0 atom stereocenters. The zero-order valence-corrected chi connectivity index (χ0v) is 10.0. The van der Waals surface area contributed by atoms with Gasteiger partial charge in [-0.15, -0.1) is 0 Å². The van der Waals surface area contributed by atoms with Gasteiger partial charge in [-0.1, -0.05) is 31.0 Å². The summed E-state index contributed by atoms with van der Waals surface area (Å²) in [6, 6.07) is 4.82. The number of halogens is 2. The van der Waals surface area contributed by atoms with Crippen molar-refractivity contribution in [2.75, 3.05) is 13.6 Å². The van der Waals surface area contributed by atoms with Crippen molar-refractivity contribution in [1.29, 1.82) is 0 Å². The van der Waals surface area contributed by atoms with Crippen LogP contribution in [0.25, 0.3) is 0 Å². The number of benzene rings is 1. The minimum Gasteiger partial charge on any atom is -0.302 e. The smallest absolute Gasteiger partial charge is 0.129 e. The molecule has 0 spiro atoms. The molecule has 15 heavy (non-hydrogen) atoms. The maximum Gasteiger partial charge on any atom is 0.129 e. The summed E-state index contributed by atoms with van der Waals surface area (Å²) in [7, 11) is 1.98. The van der Waals surface area contributed by atoms with E-state index in [1.807, 2.05) is 7.05 Å². The average molecular weight is 230 g/mol. The summed E-state index contributed by atoms with van der Waals surface area (Å²) in [6.45, 7) is 3.69. The normalized spacial score (nSPS) is 11.0.